The van der Waals surface area contributed by atoms with Crippen molar-refractivity contribution < 1.29 is 28.9 Å². The van der Waals surface area contributed by atoms with Crippen LogP contribution in [0.1, 0.15) is 133 Å². The molecule has 0 radical (unpaired) electrons. The van der Waals surface area contributed by atoms with Gasteiger partial charge in [0.25, 0.3) is 0 Å². The molecule has 0 bridgehead atoms. The molecule has 222 valence electrons. The van der Waals surface area contributed by atoms with Crippen LogP contribution in [-0.2, 0) is 9.53 Å². The maximum atomic E-state index is 12.5. The van der Waals surface area contributed by atoms with Gasteiger partial charge in [-0.25, -0.2) is 4.79 Å². The van der Waals surface area contributed by atoms with Gasteiger partial charge in [0.15, 0.2) is 0 Å². The number of allylic oxidation sites excluding steroid dienone is 1. The Morgan fingerprint density at radius 2 is 1.21 bits per heavy atom. The van der Waals surface area contributed by atoms with Crippen LogP contribution in [0.25, 0.3) is 0 Å². The third kappa shape index (κ3) is 19.4. The van der Waals surface area contributed by atoms with Gasteiger partial charge in [-0.3, -0.25) is 4.79 Å². The van der Waals surface area contributed by atoms with Crippen molar-refractivity contribution in [3.05, 3.63) is 35.4 Å². The van der Waals surface area contributed by atoms with Crippen molar-refractivity contribution in [3.8, 4) is 11.5 Å². The topological polar surface area (TPSA) is 82.1 Å². The molecule has 1 N–H and O–H groups in total. The molecule has 0 heterocycles. The van der Waals surface area contributed by atoms with E-state index in [-0.39, 0.29) is 19.2 Å². The van der Waals surface area contributed by atoms with Gasteiger partial charge in [-0.05, 0) is 37.8 Å². The highest BCUT2D eigenvalue weighted by molar-refractivity contribution is 5.82. The molecule has 1 rings (SSSR count). The Hall–Kier alpha value is -2.34. The minimum Gasteiger partial charge on any atom is -0.493 e. The second-order valence-electron chi connectivity index (χ2n) is 10.3. The first-order valence-electron chi connectivity index (χ1n) is 15.5. The van der Waals surface area contributed by atoms with E-state index in [0.717, 1.165) is 32.0 Å². The molecule has 0 aromatic heterocycles. The van der Waals surface area contributed by atoms with Crippen molar-refractivity contribution in [1.29, 1.82) is 0 Å². The zero-order valence-electron chi connectivity index (χ0n) is 24.7. The molecule has 0 saturated heterocycles. The number of aldehydes is 1. The van der Waals surface area contributed by atoms with E-state index in [1.165, 1.54) is 76.2 Å². The molecule has 0 aliphatic rings. The number of aliphatic hydroxyl groups is 1. The maximum Gasteiger partial charge on any atom is 0.330 e. The van der Waals surface area contributed by atoms with E-state index in [2.05, 4.69) is 13.8 Å². The van der Waals surface area contributed by atoms with E-state index in [1.54, 1.807) is 24.3 Å². The van der Waals surface area contributed by atoms with Crippen LogP contribution in [0.4, 0.5) is 0 Å². The fourth-order valence-electron chi connectivity index (χ4n) is 4.42. The van der Waals surface area contributed by atoms with Crippen LogP contribution in [0.5, 0.6) is 11.5 Å². The molecule has 0 fully saturated rings. The first-order chi connectivity index (χ1) is 19.1. The summed E-state index contributed by atoms with van der Waals surface area (Å²) in [6, 6.07) is 5.01. The lowest BCUT2D eigenvalue weighted by Gasteiger charge is -2.11. The Bertz CT molecular complexity index is 788. The van der Waals surface area contributed by atoms with E-state index in [1.807, 2.05) is 0 Å². The van der Waals surface area contributed by atoms with Crippen molar-refractivity contribution in [3.63, 3.8) is 0 Å². The van der Waals surface area contributed by atoms with Crippen LogP contribution < -0.4 is 9.47 Å². The number of hydrogen-bond donors (Lipinski definition) is 1. The second-order valence-corrected chi connectivity index (χ2v) is 10.3. The number of rotatable bonds is 26. The number of carbonyl (C=O) groups excluding carboxylic acids is 2. The lowest BCUT2D eigenvalue weighted by Crippen LogP contribution is -2.08. The number of hydrogen-bond acceptors (Lipinski definition) is 6. The molecule has 6 heteroatoms. The van der Waals surface area contributed by atoms with Crippen molar-refractivity contribution in [2.75, 3.05) is 26.4 Å². The van der Waals surface area contributed by atoms with Gasteiger partial charge in [0.05, 0.1) is 19.8 Å². The zero-order chi connectivity index (χ0) is 28.4. The summed E-state index contributed by atoms with van der Waals surface area (Å²) in [7, 11) is 0. The fourth-order valence-corrected chi connectivity index (χ4v) is 4.42. The fraction of sp³-hybridized carbons (Fsp3) is 0.697. The minimum absolute atomic E-state index is 0.0459. The summed E-state index contributed by atoms with van der Waals surface area (Å²) in [6.07, 6.45) is 21.9. The molecule has 0 saturated carbocycles. The van der Waals surface area contributed by atoms with Gasteiger partial charge in [-0.2, -0.15) is 0 Å². The van der Waals surface area contributed by atoms with E-state index < -0.39 is 0 Å². The van der Waals surface area contributed by atoms with Crippen LogP contribution in [-0.4, -0.2) is 43.8 Å². The van der Waals surface area contributed by atoms with Crippen molar-refractivity contribution in [1.82, 2.24) is 0 Å². The van der Waals surface area contributed by atoms with Gasteiger partial charge in [0.2, 0.25) is 0 Å². The predicted molar refractivity (Wildman–Crippen MR) is 159 cm³/mol. The molecule has 0 spiro atoms. The van der Waals surface area contributed by atoms with Crippen molar-refractivity contribution in [2.24, 2.45) is 0 Å². The standard InChI is InChI=1S/C33H54O6/c1-3-5-7-9-11-13-15-19-29(18-14-12-10-8-6-4-2)26-33(36)39-23-17-22-38-32-25-30(28-35)24-31(27-32)37-21-16-20-34/h24-28,34H,3-23H2,1-2H3. The molecule has 0 aliphatic heterocycles. The number of aliphatic hydroxyl groups excluding tert-OH is 1. The predicted octanol–water partition coefficient (Wildman–Crippen LogP) is 8.39. The smallest absolute Gasteiger partial charge is 0.330 e. The van der Waals surface area contributed by atoms with Crippen molar-refractivity contribution in [2.45, 2.75) is 123 Å². The third-order valence-electron chi connectivity index (χ3n) is 6.69. The quantitative estimate of drug-likeness (QED) is 0.0544. The van der Waals surface area contributed by atoms with E-state index in [4.69, 9.17) is 19.3 Å². The van der Waals surface area contributed by atoms with E-state index >= 15 is 0 Å². The maximum absolute atomic E-state index is 12.5. The summed E-state index contributed by atoms with van der Waals surface area (Å²) < 4.78 is 16.8. The molecule has 0 aliphatic carbocycles. The number of unbranched alkanes of at least 4 members (excludes halogenated alkanes) is 11. The molecular formula is C33H54O6. The summed E-state index contributed by atoms with van der Waals surface area (Å²) in [5.74, 6) is 0.792. The summed E-state index contributed by atoms with van der Waals surface area (Å²) in [5.41, 5.74) is 1.68. The van der Waals surface area contributed by atoms with E-state index in [0.29, 0.717) is 43.1 Å². The largest absolute Gasteiger partial charge is 0.493 e. The first kappa shape index (κ1) is 34.7. The average molecular weight is 547 g/mol. The highest BCUT2D eigenvalue weighted by Crippen LogP contribution is 2.23. The lowest BCUT2D eigenvalue weighted by molar-refractivity contribution is -0.138. The first-order valence-corrected chi connectivity index (χ1v) is 15.5. The summed E-state index contributed by atoms with van der Waals surface area (Å²) in [5, 5.41) is 8.91. The number of ether oxygens (including phenoxy) is 3. The summed E-state index contributed by atoms with van der Waals surface area (Å²) in [4.78, 5) is 23.7. The molecule has 1 aromatic carbocycles. The molecule has 39 heavy (non-hydrogen) atoms. The van der Waals surface area contributed by atoms with Crippen LogP contribution in [0, 0.1) is 0 Å². The number of carbonyl (C=O) groups is 2. The summed E-state index contributed by atoms with van der Waals surface area (Å²) in [6.45, 7) is 5.53. The monoisotopic (exact) mass is 546 g/mol. The highest BCUT2D eigenvalue weighted by Gasteiger charge is 2.07. The van der Waals surface area contributed by atoms with Gasteiger partial charge in [0, 0.05) is 37.2 Å². The van der Waals surface area contributed by atoms with Gasteiger partial charge < -0.3 is 19.3 Å². The van der Waals surface area contributed by atoms with Gasteiger partial charge in [-0.1, -0.05) is 90.0 Å². The number of esters is 1. The van der Waals surface area contributed by atoms with E-state index in [9.17, 15) is 9.59 Å². The Balaban J connectivity index is 2.44. The Kier molecular flexibility index (Phi) is 22.0. The molecule has 6 nitrogen and oxygen atoms in total. The van der Waals surface area contributed by atoms with Gasteiger partial charge >= 0.3 is 5.97 Å². The highest BCUT2D eigenvalue weighted by atomic mass is 16.5. The Labute approximate surface area is 237 Å². The van der Waals surface area contributed by atoms with Crippen LogP contribution in [0.2, 0.25) is 0 Å². The zero-order valence-corrected chi connectivity index (χ0v) is 24.7. The van der Waals surface area contributed by atoms with Crippen LogP contribution in [0.15, 0.2) is 29.8 Å². The third-order valence-corrected chi connectivity index (χ3v) is 6.69. The summed E-state index contributed by atoms with van der Waals surface area (Å²) >= 11 is 0. The molecule has 0 atom stereocenters. The van der Waals surface area contributed by atoms with Crippen molar-refractivity contribution >= 4 is 12.3 Å². The average Bonchev–Trinajstić information content (AvgIpc) is 2.94. The molecular weight excluding hydrogens is 492 g/mol. The van der Waals surface area contributed by atoms with Gasteiger partial charge in [0.1, 0.15) is 17.8 Å². The number of benzene rings is 1. The Morgan fingerprint density at radius 1 is 0.692 bits per heavy atom. The molecule has 0 unspecified atom stereocenters. The lowest BCUT2D eigenvalue weighted by atomic mass is 9.99. The normalized spacial score (nSPS) is 11.4. The van der Waals surface area contributed by atoms with Crippen LogP contribution in [0.3, 0.4) is 0 Å². The minimum atomic E-state index is -0.263. The Morgan fingerprint density at radius 3 is 1.72 bits per heavy atom. The van der Waals surface area contributed by atoms with Gasteiger partial charge in [-0.15, -0.1) is 0 Å². The molecule has 0 amide bonds. The van der Waals surface area contributed by atoms with Crippen LogP contribution >= 0.6 is 0 Å². The SMILES string of the molecule is CCCCCCCCCC(=CC(=O)OCCCOc1cc(C=O)cc(OCCCO)c1)CCCCCCCC. The molecule has 1 aromatic rings. The second kappa shape index (κ2) is 24.7.